The number of allylic oxidation sites excluding steroid dienone is 2. The summed E-state index contributed by atoms with van der Waals surface area (Å²) >= 11 is 0. The highest BCUT2D eigenvalue weighted by atomic mass is 16.6. The number of nitrogens with zero attached hydrogens (tertiary/aromatic N) is 1. The quantitative estimate of drug-likeness (QED) is 0.455. The number of hydrogen-bond acceptors (Lipinski definition) is 3. The highest BCUT2D eigenvalue weighted by molar-refractivity contribution is 5.61. The van der Waals surface area contributed by atoms with Crippen molar-refractivity contribution in [1.29, 1.82) is 0 Å². The van der Waals surface area contributed by atoms with E-state index in [0.29, 0.717) is 17.8 Å². The van der Waals surface area contributed by atoms with Crippen LogP contribution in [0, 0.1) is 16.0 Å². The van der Waals surface area contributed by atoms with Gasteiger partial charge in [0, 0.05) is 23.7 Å². The molecular formula is C21H22N2O2. The minimum atomic E-state index is -0.346. The average Bonchev–Trinajstić information content (AvgIpc) is 3.10. The number of benzene rings is 2. The van der Waals surface area contributed by atoms with E-state index in [1.807, 2.05) is 12.1 Å². The van der Waals surface area contributed by atoms with Crippen LogP contribution in [0.2, 0.25) is 0 Å². The van der Waals surface area contributed by atoms with Crippen molar-refractivity contribution in [2.75, 3.05) is 5.32 Å². The Labute approximate surface area is 147 Å². The largest absolute Gasteiger partial charge is 0.378 e. The van der Waals surface area contributed by atoms with Gasteiger partial charge >= 0.3 is 0 Å². The molecule has 1 aliphatic carbocycles. The molecule has 4 nitrogen and oxygen atoms in total. The van der Waals surface area contributed by atoms with Gasteiger partial charge in [-0.25, -0.2) is 0 Å². The standard InChI is InChI=1S/C21H22N2O2/c1-13(2)15-8-11-20-19(12-15)17-4-3-5-18(17)21(22-20)14-6-9-16(10-7-14)23(24)25/h3-4,6-13,17-18,21-22H,5H2,1-2H3/t17-,18+,21+/m0/s1. The molecule has 1 N–H and O–H groups in total. The third kappa shape index (κ3) is 2.72. The molecule has 4 rings (SSSR count). The summed E-state index contributed by atoms with van der Waals surface area (Å²) in [4.78, 5) is 10.6. The van der Waals surface area contributed by atoms with Crippen LogP contribution in [0.1, 0.15) is 54.8 Å². The summed E-state index contributed by atoms with van der Waals surface area (Å²) in [5, 5.41) is 14.6. The molecule has 0 fully saturated rings. The van der Waals surface area contributed by atoms with Gasteiger partial charge < -0.3 is 5.32 Å². The summed E-state index contributed by atoms with van der Waals surface area (Å²) in [6, 6.07) is 13.9. The molecule has 128 valence electrons. The summed E-state index contributed by atoms with van der Waals surface area (Å²) in [5.41, 5.74) is 5.18. The van der Waals surface area contributed by atoms with Crippen LogP contribution in [-0.4, -0.2) is 4.92 Å². The first-order chi connectivity index (χ1) is 12.0. The lowest BCUT2D eigenvalue weighted by Crippen LogP contribution is -2.29. The fraction of sp³-hybridized carbons (Fsp3) is 0.333. The van der Waals surface area contributed by atoms with Gasteiger partial charge in [0.25, 0.3) is 5.69 Å². The van der Waals surface area contributed by atoms with E-state index in [0.717, 1.165) is 12.0 Å². The Balaban J connectivity index is 1.71. The molecule has 0 saturated carbocycles. The normalized spacial score (nSPS) is 23.9. The number of hydrogen-bond donors (Lipinski definition) is 1. The van der Waals surface area contributed by atoms with Crippen molar-refractivity contribution in [3.8, 4) is 0 Å². The fourth-order valence-corrected chi connectivity index (χ4v) is 4.11. The predicted octanol–water partition coefficient (Wildman–Crippen LogP) is 5.54. The van der Waals surface area contributed by atoms with Crippen molar-refractivity contribution in [2.24, 2.45) is 5.92 Å². The van der Waals surface area contributed by atoms with Crippen LogP contribution in [0.15, 0.2) is 54.6 Å². The highest BCUT2D eigenvalue weighted by Crippen LogP contribution is 2.50. The van der Waals surface area contributed by atoms with Crippen LogP contribution in [0.3, 0.4) is 0 Å². The number of anilines is 1. The van der Waals surface area contributed by atoms with Crippen molar-refractivity contribution in [1.82, 2.24) is 0 Å². The number of non-ortho nitro benzene ring substituents is 1. The average molecular weight is 334 g/mol. The van der Waals surface area contributed by atoms with Crippen molar-refractivity contribution in [3.05, 3.63) is 81.4 Å². The van der Waals surface area contributed by atoms with Crippen LogP contribution in [0.5, 0.6) is 0 Å². The Hall–Kier alpha value is -2.62. The second kappa shape index (κ2) is 6.03. The monoisotopic (exact) mass is 334 g/mol. The summed E-state index contributed by atoms with van der Waals surface area (Å²) in [5.74, 6) is 1.38. The van der Waals surface area contributed by atoms with Gasteiger partial charge in [-0.3, -0.25) is 10.1 Å². The third-order valence-electron chi connectivity index (χ3n) is 5.52. The summed E-state index contributed by atoms with van der Waals surface area (Å²) in [6.45, 7) is 4.44. The third-order valence-corrected chi connectivity index (χ3v) is 5.52. The van der Waals surface area contributed by atoms with E-state index >= 15 is 0 Å². The van der Waals surface area contributed by atoms with Gasteiger partial charge in [-0.05, 0) is 41.0 Å². The SMILES string of the molecule is CC(C)c1ccc2c(c1)[C@H]1C=CC[C@H]1[C@@H](c1ccc([N+](=O)[O-])cc1)N2. The summed E-state index contributed by atoms with van der Waals surface area (Å²) in [6.07, 6.45) is 5.63. The maximum absolute atomic E-state index is 10.9. The zero-order valence-electron chi connectivity index (χ0n) is 14.5. The number of nitro groups is 1. The minimum Gasteiger partial charge on any atom is -0.378 e. The van der Waals surface area contributed by atoms with Gasteiger partial charge in [0.15, 0.2) is 0 Å². The molecule has 1 aliphatic heterocycles. The molecule has 4 heteroatoms. The first kappa shape index (κ1) is 15.9. The Morgan fingerprint density at radius 3 is 2.60 bits per heavy atom. The second-order valence-electron chi connectivity index (χ2n) is 7.33. The van der Waals surface area contributed by atoms with E-state index in [2.05, 4.69) is 49.5 Å². The lowest BCUT2D eigenvalue weighted by molar-refractivity contribution is -0.384. The van der Waals surface area contributed by atoms with Crippen LogP contribution in [-0.2, 0) is 0 Å². The zero-order valence-corrected chi connectivity index (χ0v) is 14.5. The Morgan fingerprint density at radius 1 is 1.16 bits per heavy atom. The smallest absolute Gasteiger partial charge is 0.269 e. The van der Waals surface area contributed by atoms with E-state index in [4.69, 9.17) is 0 Å². The molecular weight excluding hydrogens is 312 g/mol. The van der Waals surface area contributed by atoms with Gasteiger partial charge in [-0.15, -0.1) is 0 Å². The fourth-order valence-electron chi connectivity index (χ4n) is 4.11. The molecule has 0 spiro atoms. The van der Waals surface area contributed by atoms with Crippen molar-refractivity contribution in [2.45, 2.75) is 38.1 Å². The number of nitro benzene ring substituents is 1. The van der Waals surface area contributed by atoms with Crippen LogP contribution in [0.25, 0.3) is 0 Å². The van der Waals surface area contributed by atoms with E-state index in [-0.39, 0.29) is 16.7 Å². The minimum absolute atomic E-state index is 0.141. The molecule has 0 aromatic heterocycles. The highest BCUT2D eigenvalue weighted by Gasteiger charge is 2.38. The van der Waals surface area contributed by atoms with Crippen molar-refractivity contribution >= 4 is 11.4 Å². The molecule has 0 radical (unpaired) electrons. The molecule has 25 heavy (non-hydrogen) atoms. The van der Waals surface area contributed by atoms with E-state index < -0.39 is 0 Å². The van der Waals surface area contributed by atoms with E-state index in [9.17, 15) is 10.1 Å². The summed E-state index contributed by atoms with van der Waals surface area (Å²) in [7, 11) is 0. The molecule has 1 heterocycles. The number of fused-ring (bicyclic) bond motifs is 3. The second-order valence-corrected chi connectivity index (χ2v) is 7.33. The van der Waals surface area contributed by atoms with Crippen molar-refractivity contribution < 1.29 is 4.92 Å². The molecule has 0 unspecified atom stereocenters. The van der Waals surface area contributed by atoms with Gasteiger partial charge in [-0.1, -0.05) is 50.3 Å². The van der Waals surface area contributed by atoms with Gasteiger partial charge in [-0.2, -0.15) is 0 Å². The van der Waals surface area contributed by atoms with E-state index in [1.165, 1.54) is 16.8 Å². The van der Waals surface area contributed by atoms with Gasteiger partial charge in [0.05, 0.1) is 11.0 Å². The van der Waals surface area contributed by atoms with Crippen LogP contribution < -0.4 is 5.32 Å². The number of nitrogens with one attached hydrogen (secondary N) is 1. The molecule has 0 saturated heterocycles. The van der Waals surface area contributed by atoms with Gasteiger partial charge in [0.1, 0.15) is 0 Å². The summed E-state index contributed by atoms with van der Waals surface area (Å²) < 4.78 is 0. The van der Waals surface area contributed by atoms with Crippen LogP contribution in [0.4, 0.5) is 11.4 Å². The topological polar surface area (TPSA) is 55.2 Å². The lowest BCUT2D eigenvalue weighted by Gasteiger charge is -2.38. The maximum atomic E-state index is 10.9. The molecule has 3 atom stereocenters. The van der Waals surface area contributed by atoms with Gasteiger partial charge in [0.2, 0.25) is 0 Å². The first-order valence-electron chi connectivity index (χ1n) is 8.86. The van der Waals surface area contributed by atoms with E-state index in [1.54, 1.807) is 12.1 Å². The zero-order chi connectivity index (χ0) is 17.6. The first-order valence-corrected chi connectivity index (χ1v) is 8.86. The lowest BCUT2D eigenvalue weighted by atomic mass is 9.76. The number of rotatable bonds is 3. The molecule has 2 aliphatic rings. The Morgan fingerprint density at radius 2 is 1.92 bits per heavy atom. The van der Waals surface area contributed by atoms with Crippen LogP contribution >= 0.6 is 0 Å². The Bertz CT molecular complexity index is 839. The van der Waals surface area contributed by atoms with Crippen molar-refractivity contribution in [3.63, 3.8) is 0 Å². The molecule has 0 amide bonds. The maximum Gasteiger partial charge on any atom is 0.269 e. The molecule has 0 bridgehead atoms. The Kier molecular flexibility index (Phi) is 3.83. The molecule has 2 aromatic carbocycles. The predicted molar refractivity (Wildman–Crippen MR) is 100.0 cm³/mol. The molecule has 2 aromatic rings.